The van der Waals surface area contributed by atoms with Gasteiger partial charge in [0.25, 0.3) is 0 Å². The van der Waals surface area contributed by atoms with Gasteiger partial charge in [-0.1, -0.05) is 24.3 Å². The molecule has 0 saturated heterocycles. The summed E-state index contributed by atoms with van der Waals surface area (Å²) >= 11 is 0. The van der Waals surface area contributed by atoms with Gasteiger partial charge in [0.2, 0.25) is 0 Å². The van der Waals surface area contributed by atoms with Crippen molar-refractivity contribution in [2.45, 2.75) is 18.9 Å². The minimum atomic E-state index is -1.05. The number of esters is 1. The molecule has 1 unspecified atom stereocenters. The van der Waals surface area contributed by atoms with Crippen molar-refractivity contribution >= 4 is 16.9 Å². The van der Waals surface area contributed by atoms with Gasteiger partial charge in [-0.15, -0.1) is 0 Å². The fraction of sp³-hybridized carbons (Fsp3) is 0.286. The monoisotopic (exact) mass is 244 g/mol. The molecule has 4 heteroatoms. The number of aromatic nitrogens is 1. The number of pyridine rings is 1. The molecule has 1 heterocycles. The summed E-state index contributed by atoms with van der Waals surface area (Å²) in [5.74, 6) is -0.433. The molecule has 1 aromatic carbocycles. The van der Waals surface area contributed by atoms with Crippen LogP contribution in [0, 0.1) is 0 Å². The van der Waals surface area contributed by atoms with Gasteiger partial charge >= 0.3 is 5.97 Å². The maximum Gasteiger partial charge on any atom is 0.325 e. The van der Waals surface area contributed by atoms with Crippen molar-refractivity contribution in [3.63, 3.8) is 0 Å². The molecule has 2 aromatic rings. The number of hydrogen-bond donors (Lipinski definition) is 1. The van der Waals surface area contributed by atoms with E-state index in [0.29, 0.717) is 6.42 Å². The number of para-hydroxylation sites is 1. The Bertz CT molecular complexity index is 579. The van der Waals surface area contributed by atoms with E-state index < -0.39 is 11.5 Å². The van der Waals surface area contributed by atoms with Crippen LogP contribution in [0.15, 0.2) is 36.4 Å². The van der Waals surface area contributed by atoms with E-state index in [0.717, 1.165) is 16.6 Å². The first-order valence-corrected chi connectivity index (χ1v) is 5.75. The molecule has 4 nitrogen and oxygen atoms in total. The van der Waals surface area contributed by atoms with E-state index in [-0.39, 0.29) is 0 Å². The van der Waals surface area contributed by atoms with Gasteiger partial charge in [-0.05, 0) is 19.1 Å². The van der Waals surface area contributed by atoms with Gasteiger partial charge in [0, 0.05) is 17.5 Å². The van der Waals surface area contributed by atoms with Crippen LogP contribution in [-0.4, -0.2) is 23.6 Å². The SMILES string of the molecule is COC(=O)C(C)(N)Cc1ccc2ccccc2n1. The topological polar surface area (TPSA) is 65.2 Å². The van der Waals surface area contributed by atoms with Gasteiger partial charge in [-0.2, -0.15) is 0 Å². The van der Waals surface area contributed by atoms with Gasteiger partial charge in [-0.25, -0.2) is 0 Å². The minimum Gasteiger partial charge on any atom is -0.468 e. The van der Waals surface area contributed by atoms with Crippen LogP contribution in [0.5, 0.6) is 0 Å². The lowest BCUT2D eigenvalue weighted by atomic mass is 9.96. The lowest BCUT2D eigenvalue weighted by Gasteiger charge is -2.20. The Kier molecular flexibility index (Phi) is 3.30. The zero-order valence-electron chi connectivity index (χ0n) is 10.5. The third kappa shape index (κ3) is 2.49. The van der Waals surface area contributed by atoms with Crippen LogP contribution in [0.2, 0.25) is 0 Å². The van der Waals surface area contributed by atoms with Crippen molar-refractivity contribution in [2.24, 2.45) is 5.73 Å². The smallest absolute Gasteiger partial charge is 0.325 e. The summed E-state index contributed by atoms with van der Waals surface area (Å²) in [6.07, 6.45) is 0.352. The third-order valence-corrected chi connectivity index (χ3v) is 2.86. The van der Waals surface area contributed by atoms with Crippen LogP contribution in [-0.2, 0) is 16.0 Å². The number of rotatable bonds is 3. The molecule has 0 aliphatic carbocycles. The normalized spacial score (nSPS) is 14.2. The Balaban J connectivity index is 2.29. The summed E-state index contributed by atoms with van der Waals surface area (Å²) in [5.41, 5.74) is 6.56. The van der Waals surface area contributed by atoms with E-state index in [2.05, 4.69) is 9.72 Å². The van der Waals surface area contributed by atoms with Gasteiger partial charge < -0.3 is 10.5 Å². The molecule has 0 bridgehead atoms. The van der Waals surface area contributed by atoms with Crippen LogP contribution in [0.25, 0.3) is 10.9 Å². The number of ether oxygens (including phenoxy) is 1. The van der Waals surface area contributed by atoms with E-state index in [4.69, 9.17) is 5.73 Å². The third-order valence-electron chi connectivity index (χ3n) is 2.86. The molecule has 0 aliphatic heterocycles. The first kappa shape index (κ1) is 12.5. The maximum absolute atomic E-state index is 11.5. The fourth-order valence-corrected chi connectivity index (χ4v) is 1.89. The molecule has 0 amide bonds. The molecule has 18 heavy (non-hydrogen) atoms. The van der Waals surface area contributed by atoms with Crippen LogP contribution in [0.3, 0.4) is 0 Å². The van der Waals surface area contributed by atoms with Crippen LogP contribution >= 0.6 is 0 Å². The van der Waals surface area contributed by atoms with Crippen LogP contribution in [0.1, 0.15) is 12.6 Å². The maximum atomic E-state index is 11.5. The van der Waals surface area contributed by atoms with Crippen molar-refractivity contribution in [1.29, 1.82) is 0 Å². The predicted molar refractivity (Wildman–Crippen MR) is 70.1 cm³/mol. The van der Waals surface area contributed by atoms with Gasteiger partial charge in [0.1, 0.15) is 5.54 Å². The van der Waals surface area contributed by atoms with Crippen molar-refractivity contribution in [1.82, 2.24) is 4.98 Å². The highest BCUT2D eigenvalue weighted by Crippen LogP contribution is 2.15. The Labute approximate surface area is 106 Å². The molecule has 2 rings (SSSR count). The summed E-state index contributed by atoms with van der Waals surface area (Å²) < 4.78 is 4.68. The number of benzene rings is 1. The summed E-state index contributed by atoms with van der Waals surface area (Å²) in [6.45, 7) is 1.65. The number of fused-ring (bicyclic) bond motifs is 1. The van der Waals surface area contributed by atoms with E-state index in [1.54, 1.807) is 6.92 Å². The Morgan fingerprint density at radius 3 is 2.78 bits per heavy atom. The Morgan fingerprint density at radius 1 is 1.33 bits per heavy atom. The van der Waals surface area contributed by atoms with Crippen molar-refractivity contribution in [3.8, 4) is 0 Å². The number of nitrogens with zero attached hydrogens (tertiary/aromatic N) is 1. The van der Waals surface area contributed by atoms with Gasteiger partial charge in [0.15, 0.2) is 0 Å². The molecule has 94 valence electrons. The van der Waals surface area contributed by atoms with Crippen LogP contribution in [0.4, 0.5) is 0 Å². The number of methoxy groups -OCH3 is 1. The lowest BCUT2D eigenvalue weighted by molar-refractivity contribution is -0.146. The molecule has 0 saturated carbocycles. The average molecular weight is 244 g/mol. The first-order valence-electron chi connectivity index (χ1n) is 5.75. The van der Waals surface area contributed by atoms with Crippen molar-refractivity contribution in [3.05, 3.63) is 42.1 Å². The highest BCUT2D eigenvalue weighted by molar-refractivity contribution is 5.81. The zero-order chi connectivity index (χ0) is 13.2. The number of carbonyl (C=O) groups excluding carboxylic acids is 1. The molecule has 0 aliphatic rings. The second-order valence-electron chi connectivity index (χ2n) is 4.58. The number of hydrogen-bond acceptors (Lipinski definition) is 4. The van der Waals surface area contributed by atoms with Crippen molar-refractivity contribution in [2.75, 3.05) is 7.11 Å². The summed E-state index contributed by atoms with van der Waals surface area (Å²) in [5, 5.41) is 1.07. The molecule has 0 fully saturated rings. The molecular formula is C14H16N2O2. The number of carbonyl (C=O) groups is 1. The lowest BCUT2D eigenvalue weighted by Crippen LogP contribution is -2.47. The predicted octanol–water partition coefficient (Wildman–Crippen LogP) is 1.67. The first-order chi connectivity index (χ1) is 8.53. The minimum absolute atomic E-state index is 0.352. The number of nitrogens with two attached hydrogens (primary N) is 1. The quantitative estimate of drug-likeness (QED) is 0.834. The fourth-order valence-electron chi connectivity index (χ4n) is 1.89. The molecular weight excluding hydrogens is 228 g/mol. The summed E-state index contributed by atoms with van der Waals surface area (Å²) in [7, 11) is 1.33. The Morgan fingerprint density at radius 2 is 2.06 bits per heavy atom. The average Bonchev–Trinajstić information content (AvgIpc) is 2.37. The van der Waals surface area contributed by atoms with Crippen molar-refractivity contribution < 1.29 is 9.53 Å². The van der Waals surface area contributed by atoms with E-state index in [1.807, 2.05) is 36.4 Å². The molecule has 1 aromatic heterocycles. The highest BCUT2D eigenvalue weighted by atomic mass is 16.5. The second kappa shape index (κ2) is 4.74. The highest BCUT2D eigenvalue weighted by Gasteiger charge is 2.30. The van der Waals surface area contributed by atoms with E-state index >= 15 is 0 Å². The standard InChI is InChI=1S/C14H16N2O2/c1-14(15,13(17)18-2)9-11-8-7-10-5-3-4-6-12(10)16-11/h3-8H,9,15H2,1-2H3. The van der Waals surface area contributed by atoms with E-state index in [1.165, 1.54) is 7.11 Å². The molecule has 1 atom stereocenters. The molecule has 0 spiro atoms. The molecule has 2 N–H and O–H groups in total. The van der Waals surface area contributed by atoms with Crippen LogP contribution < -0.4 is 5.73 Å². The summed E-state index contributed by atoms with van der Waals surface area (Å²) in [4.78, 5) is 16.0. The summed E-state index contributed by atoms with van der Waals surface area (Å²) in [6, 6.07) is 11.7. The molecule has 0 radical (unpaired) electrons. The van der Waals surface area contributed by atoms with Gasteiger partial charge in [0.05, 0.1) is 12.6 Å². The largest absolute Gasteiger partial charge is 0.468 e. The van der Waals surface area contributed by atoms with Gasteiger partial charge in [-0.3, -0.25) is 9.78 Å². The van der Waals surface area contributed by atoms with E-state index in [9.17, 15) is 4.79 Å². The zero-order valence-corrected chi connectivity index (χ0v) is 10.5. The second-order valence-corrected chi connectivity index (χ2v) is 4.58. The Hall–Kier alpha value is -1.94.